The minimum atomic E-state index is -0.308. The molecule has 0 aliphatic rings. The van der Waals surface area contributed by atoms with E-state index in [1.165, 1.54) is 25.0 Å². The number of aryl methyl sites for hydroxylation is 1. The lowest BCUT2D eigenvalue weighted by Crippen LogP contribution is -2.21. The molecule has 0 atom stereocenters. The van der Waals surface area contributed by atoms with Gasteiger partial charge in [0.1, 0.15) is 28.6 Å². The van der Waals surface area contributed by atoms with Crippen LogP contribution in [0.15, 0.2) is 41.6 Å². The van der Waals surface area contributed by atoms with E-state index < -0.39 is 0 Å². The Hall–Kier alpha value is -4.21. The molecule has 0 spiro atoms. The van der Waals surface area contributed by atoms with Gasteiger partial charge in [0.2, 0.25) is 0 Å². The van der Waals surface area contributed by atoms with E-state index in [2.05, 4.69) is 20.3 Å². The van der Waals surface area contributed by atoms with Crippen LogP contribution in [0.1, 0.15) is 5.69 Å². The predicted molar refractivity (Wildman–Crippen MR) is 119 cm³/mol. The van der Waals surface area contributed by atoms with Gasteiger partial charge in [0.15, 0.2) is 5.82 Å². The molecule has 3 aromatic rings. The summed E-state index contributed by atoms with van der Waals surface area (Å²) in [6, 6.07) is 5.10. The Morgan fingerprint density at radius 1 is 1.16 bits per heavy atom. The van der Waals surface area contributed by atoms with E-state index in [9.17, 15) is 4.79 Å². The molecule has 0 fully saturated rings. The van der Waals surface area contributed by atoms with Crippen molar-refractivity contribution in [3.63, 3.8) is 0 Å². The molecule has 0 aliphatic carbocycles. The number of aromatic nitrogens is 4. The van der Waals surface area contributed by atoms with Crippen LogP contribution < -0.4 is 26.1 Å². The molecule has 4 N–H and O–H groups in total. The molecule has 0 saturated carbocycles. The Bertz CT molecular complexity index is 1200. The van der Waals surface area contributed by atoms with Gasteiger partial charge in [-0.15, -0.1) is 0 Å². The van der Waals surface area contributed by atoms with Crippen LogP contribution in [-0.2, 0) is 7.05 Å². The number of rotatable bonds is 7. The molecule has 0 unspecified atom stereocenters. The summed E-state index contributed by atoms with van der Waals surface area (Å²) in [6.07, 6.45) is 5.80. The highest BCUT2D eigenvalue weighted by molar-refractivity contribution is 6.07. The number of ether oxygens (including phenoxy) is 2. The van der Waals surface area contributed by atoms with E-state index in [0.717, 1.165) is 6.21 Å². The highest BCUT2D eigenvalue weighted by Gasteiger charge is 2.17. The van der Waals surface area contributed by atoms with Crippen LogP contribution in [0, 0.1) is 5.41 Å². The number of benzene rings is 1. The summed E-state index contributed by atoms with van der Waals surface area (Å²) in [6.45, 7) is 0. The molecule has 2 aromatic heterocycles. The minimum Gasteiger partial charge on any atom is -0.497 e. The average molecular weight is 421 g/mol. The van der Waals surface area contributed by atoms with Crippen molar-refractivity contribution in [1.82, 2.24) is 24.8 Å². The minimum absolute atomic E-state index is 0.151. The SMILES string of the molecule is CN/C=C(\C=N)c1cnc(N)c(-c2cn(C)c(=O)c(-c3cc(OC)cc(OC)c3)n2)n1. The predicted octanol–water partition coefficient (Wildman–Crippen LogP) is 1.71. The van der Waals surface area contributed by atoms with E-state index in [1.54, 1.807) is 44.7 Å². The number of nitrogens with two attached hydrogens (primary N) is 1. The molecular formula is C21H23N7O3. The van der Waals surface area contributed by atoms with Crippen molar-refractivity contribution >= 4 is 17.6 Å². The van der Waals surface area contributed by atoms with Crippen molar-refractivity contribution < 1.29 is 9.47 Å². The molecule has 10 nitrogen and oxygen atoms in total. The zero-order valence-electron chi connectivity index (χ0n) is 17.6. The third-order valence-corrected chi connectivity index (χ3v) is 4.49. The van der Waals surface area contributed by atoms with Gasteiger partial charge in [-0.2, -0.15) is 0 Å². The third-order valence-electron chi connectivity index (χ3n) is 4.49. The molecule has 0 amide bonds. The maximum absolute atomic E-state index is 12.8. The fraction of sp³-hybridized carbons (Fsp3) is 0.190. The quantitative estimate of drug-likeness (QED) is 0.490. The van der Waals surface area contributed by atoms with Gasteiger partial charge in [-0.05, 0) is 12.1 Å². The lowest BCUT2D eigenvalue weighted by atomic mass is 10.1. The number of nitrogen functional groups attached to an aromatic ring is 1. The largest absolute Gasteiger partial charge is 0.497 e. The van der Waals surface area contributed by atoms with Gasteiger partial charge in [0.25, 0.3) is 5.56 Å². The first-order valence-electron chi connectivity index (χ1n) is 9.24. The molecular weight excluding hydrogens is 398 g/mol. The van der Waals surface area contributed by atoms with E-state index >= 15 is 0 Å². The van der Waals surface area contributed by atoms with E-state index in [1.807, 2.05) is 0 Å². The standard InChI is InChI=1S/C21H23N7O3/c1-24-9-13(8-22)16-10-25-20(23)19(26-16)17-11-28(2)21(29)18(27-17)12-5-14(30-3)7-15(6-12)31-4/h5-11,22,24H,1-4H3,(H2,23,25)/b13-9+,22-8?. The number of methoxy groups -OCH3 is 2. The average Bonchev–Trinajstić information content (AvgIpc) is 2.79. The smallest absolute Gasteiger partial charge is 0.276 e. The second-order valence-electron chi connectivity index (χ2n) is 6.51. The van der Waals surface area contributed by atoms with Gasteiger partial charge in [0, 0.05) is 49.9 Å². The van der Waals surface area contributed by atoms with Crippen molar-refractivity contribution in [2.45, 2.75) is 0 Å². The topological polar surface area (TPSA) is 141 Å². The van der Waals surface area contributed by atoms with E-state index in [-0.39, 0.29) is 17.1 Å². The van der Waals surface area contributed by atoms with Crippen LogP contribution in [-0.4, -0.2) is 47.0 Å². The number of allylic oxidation sites excluding steroid dienone is 1. The lowest BCUT2D eigenvalue weighted by Gasteiger charge is -2.12. The third kappa shape index (κ3) is 4.37. The van der Waals surface area contributed by atoms with Gasteiger partial charge in [-0.25, -0.2) is 15.0 Å². The van der Waals surface area contributed by atoms with Crippen LogP contribution in [0.2, 0.25) is 0 Å². The summed E-state index contributed by atoms with van der Waals surface area (Å²) >= 11 is 0. The van der Waals surface area contributed by atoms with Gasteiger partial charge < -0.3 is 30.5 Å². The molecule has 3 rings (SSSR count). The van der Waals surface area contributed by atoms with Crippen LogP contribution in [0.3, 0.4) is 0 Å². The summed E-state index contributed by atoms with van der Waals surface area (Å²) in [4.78, 5) is 26.1. The number of hydrogen-bond acceptors (Lipinski definition) is 9. The van der Waals surface area contributed by atoms with Crippen molar-refractivity contribution in [3.8, 4) is 34.1 Å². The second kappa shape index (κ2) is 9.08. The zero-order chi connectivity index (χ0) is 22.5. The Morgan fingerprint density at radius 3 is 2.42 bits per heavy atom. The number of hydrogen-bond donors (Lipinski definition) is 3. The van der Waals surface area contributed by atoms with Gasteiger partial charge in [-0.3, -0.25) is 4.79 Å². The molecule has 160 valence electrons. The summed E-state index contributed by atoms with van der Waals surface area (Å²) < 4.78 is 12.0. The second-order valence-corrected chi connectivity index (χ2v) is 6.51. The molecule has 10 heteroatoms. The fourth-order valence-electron chi connectivity index (χ4n) is 2.92. The first-order chi connectivity index (χ1) is 14.9. The molecule has 0 bridgehead atoms. The Kier molecular flexibility index (Phi) is 6.29. The monoisotopic (exact) mass is 421 g/mol. The Labute approximate surface area is 178 Å². The normalized spacial score (nSPS) is 11.2. The first kappa shape index (κ1) is 21.5. The molecule has 0 radical (unpaired) electrons. The van der Waals surface area contributed by atoms with Gasteiger partial charge >= 0.3 is 0 Å². The summed E-state index contributed by atoms with van der Waals surface area (Å²) in [7, 11) is 6.40. The van der Waals surface area contributed by atoms with Crippen molar-refractivity contribution in [1.29, 1.82) is 5.41 Å². The molecule has 31 heavy (non-hydrogen) atoms. The van der Waals surface area contributed by atoms with Crippen LogP contribution in [0.5, 0.6) is 11.5 Å². The van der Waals surface area contributed by atoms with E-state index in [0.29, 0.717) is 39.7 Å². The fourth-order valence-corrected chi connectivity index (χ4v) is 2.92. The van der Waals surface area contributed by atoms with Crippen molar-refractivity contribution in [2.24, 2.45) is 7.05 Å². The number of nitrogens with one attached hydrogen (secondary N) is 2. The van der Waals surface area contributed by atoms with Crippen LogP contribution in [0.4, 0.5) is 5.82 Å². The summed E-state index contributed by atoms with van der Waals surface area (Å²) in [5, 5.41) is 10.5. The van der Waals surface area contributed by atoms with E-state index in [4.69, 9.17) is 20.6 Å². The number of anilines is 1. The Balaban J connectivity index is 2.23. The highest BCUT2D eigenvalue weighted by Crippen LogP contribution is 2.29. The maximum Gasteiger partial charge on any atom is 0.276 e. The molecule has 1 aromatic carbocycles. The van der Waals surface area contributed by atoms with Crippen LogP contribution >= 0.6 is 0 Å². The maximum atomic E-state index is 12.8. The van der Waals surface area contributed by atoms with Crippen molar-refractivity contribution in [2.75, 3.05) is 27.0 Å². The zero-order valence-corrected chi connectivity index (χ0v) is 17.6. The molecule has 0 aliphatic heterocycles. The molecule has 0 saturated heterocycles. The van der Waals surface area contributed by atoms with Crippen molar-refractivity contribution in [3.05, 3.63) is 52.8 Å². The van der Waals surface area contributed by atoms with Gasteiger partial charge in [0.05, 0.1) is 26.1 Å². The highest BCUT2D eigenvalue weighted by atomic mass is 16.5. The summed E-state index contributed by atoms with van der Waals surface area (Å²) in [5.41, 5.74) is 8.08. The van der Waals surface area contributed by atoms with Gasteiger partial charge in [-0.1, -0.05) is 0 Å². The molecule has 2 heterocycles. The first-order valence-corrected chi connectivity index (χ1v) is 9.24. The summed E-state index contributed by atoms with van der Waals surface area (Å²) in [5.74, 6) is 1.20. The lowest BCUT2D eigenvalue weighted by molar-refractivity contribution is 0.394. The number of nitrogens with zero attached hydrogens (tertiary/aromatic N) is 4. The Morgan fingerprint density at radius 2 is 1.84 bits per heavy atom. The van der Waals surface area contributed by atoms with Crippen LogP contribution in [0.25, 0.3) is 28.2 Å².